The SMILES string of the molecule is CNC(Cc1cc(F)ccc1F)CC1CN(C)CCN1C. The van der Waals surface area contributed by atoms with Crippen LogP contribution >= 0.6 is 0 Å². The van der Waals surface area contributed by atoms with Gasteiger partial charge in [-0.3, -0.25) is 0 Å². The molecular formula is C16H25F2N3. The van der Waals surface area contributed by atoms with E-state index in [0.717, 1.165) is 32.1 Å². The molecule has 5 heteroatoms. The predicted molar refractivity (Wildman–Crippen MR) is 81.4 cm³/mol. The molecule has 118 valence electrons. The van der Waals surface area contributed by atoms with Gasteiger partial charge in [0.2, 0.25) is 0 Å². The second-order valence-electron chi connectivity index (χ2n) is 6.06. The van der Waals surface area contributed by atoms with Crippen LogP contribution in [0.1, 0.15) is 12.0 Å². The van der Waals surface area contributed by atoms with E-state index in [1.165, 1.54) is 12.1 Å². The summed E-state index contributed by atoms with van der Waals surface area (Å²) in [6.07, 6.45) is 1.43. The molecule has 2 unspecified atom stereocenters. The van der Waals surface area contributed by atoms with Crippen molar-refractivity contribution >= 4 is 0 Å². The Kier molecular flexibility index (Phi) is 5.67. The van der Waals surface area contributed by atoms with Crippen LogP contribution in [0.5, 0.6) is 0 Å². The maximum atomic E-state index is 13.8. The first-order chi connectivity index (χ1) is 9.99. The molecule has 1 saturated heterocycles. The van der Waals surface area contributed by atoms with Crippen LogP contribution in [0.2, 0.25) is 0 Å². The van der Waals surface area contributed by atoms with Crippen LogP contribution in [0.3, 0.4) is 0 Å². The standard InChI is InChI=1S/C16H25F2N3/c1-19-14(9-12-8-13(17)4-5-16(12)18)10-15-11-20(2)6-7-21(15)3/h4-5,8,14-15,19H,6-7,9-11H2,1-3H3. The average Bonchev–Trinajstić information content (AvgIpc) is 2.45. The van der Waals surface area contributed by atoms with Crippen molar-refractivity contribution in [3.8, 4) is 0 Å². The van der Waals surface area contributed by atoms with Crippen LogP contribution in [-0.4, -0.2) is 62.7 Å². The van der Waals surface area contributed by atoms with Gasteiger partial charge in [-0.25, -0.2) is 8.78 Å². The van der Waals surface area contributed by atoms with Crippen LogP contribution in [0.15, 0.2) is 18.2 Å². The minimum atomic E-state index is -0.379. The number of nitrogens with zero attached hydrogens (tertiary/aromatic N) is 2. The smallest absolute Gasteiger partial charge is 0.126 e. The number of benzene rings is 1. The third kappa shape index (κ3) is 4.46. The quantitative estimate of drug-likeness (QED) is 0.893. The molecule has 0 radical (unpaired) electrons. The van der Waals surface area contributed by atoms with Crippen LogP contribution < -0.4 is 5.32 Å². The molecule has 1 aromatic carbocycles. The van der Waals surface area contributed by atoms with Crippen molar-refractivity contribution in [3.63, 3.8) is 0 Å². The molecule has 0 aliphatic carbocycles. The van der Waals surface area contributed by atoms with Crippen LogP contribution in [0.25, 0.3) is 0 Å². The normalized spacial score (nSPS) is 22.4. The first kappa shape index (κ1) is 16.3. The van der Waals surface area contributed by atoms with Gasteiger partial charge in [-0.15, -0.1) is 0 Å². The van der Waals surface area contributed by atoms with Gasteiger partial charge in [0.1, 0.15) is 11.6 Å². The highest BCUT2D eigenvalue weighted by Crippen LogP contribution is 2.17. The molecule has 0 saturated carbocycles. The Morgan fingerprint density at radius 1 is 1.29 bits per heavy atom. The lowest BCUT2D eigenvalue weighted by molar-refractivity contribution is 0.101. The van der Waals surface area contributed by atoms with Gasteiger partial charge in [0.05, 0.1) is 0 Å². The molecule has 1 heterocycles. The zero-order valence-electron chi connectivity index (χ0n) is 13.1. The van der Waals surface area contributed by atoms with Gasteiger partial charge in [-0.1, -0.05) is 0 Å². The first-order valence-electron chi connectivity index (χ1n) is 7.49. The van der Waals surface area contributed by atoms with Gasteiger partial charge in [0.15, 0.2) is 0 Å². The van der Waals surface area contributed by atoms with Crippen molar-refractivity contribution in [2.75, 3.05) is 40.8 Å². The van der Waals surface area contributed by atoms with Gasteiger partial charge in [-0.2, -0.15) is 0 Å². The van der Waals surface area contributed by atoms with Gasteiger partial charge in [0.25, 0.3) is 0 Å². The molecular weight excluding hydrogens is 272 g/mol. The van der Waals surface area contributed by atoms with E-state index in [-0.39, 0.29) is 17.7 Å². The fraction of sp³-hybridized carbons (Fsp3) is 0.625. The van der Waals surface area contributed by atoms with E-state index >= 15 is 0 Å². The van der Waals surface area contributed by atoms with E-state index in [4.69, 9.17) is 0 Å². The Hall–Kier alpha value is -1.04. The number of hydrogen-bond donors (Lipinski definition) is 1. The molecule has 1 N–H and O–H groups in total. The summed E-state index contributed by atoms with van der Waals surface area (Å²) >= 11 is 0. The van der Waals surface area contributed by atoms with Gasteiger partial charge >= 0.3 is 0 Å². The van der Waals surface area contributed by atoms with E-state index in [2.05, 4.69) is 29.2 Å². The largest absolute Gasteiger partial charge is 0.317 e. The van der Waals surface area contributed by atoms with Gasteiger partial charge in [0, 0.05) is 31.7 Å². The molecule has 0 amide bonds. The number of rotatable bonds is 5. The summed E-state index contributed by atoms with van der Waals surface area (Å²) in [5.74, 6) is -0.707. The number of halogens is 2. The van der Waals surface area contributed by atoms with Crippen molar-refractivity contribution in [1.82, 2.24) is 15.1 Å². The molecule has 1 aliphatic heterocycles. The minimum Gasteiger partial charge on any atom is -0.317 e. The minimum absolute atomic E-state index is 0.139. The lowest BCUT2D eigenvalue weighted by Gasteiger charge is -2.39. The molecule has 21 heavy (non-hydrogen) atoms. The van der Waals surface area contributed by atoms with E-state index in [9.17, 15) is 8.78 Å². The average molecular weight is 297 g/mol. The third-order valence-electron chi connectivity index (χ3n) is 4.42. The Labute approximate surface area is 125 Å². The zero-order chi connectivity index (χ0) is 15.4. The Morgan fingerprint density at radius 2 is 2.05 bits per heavy atom. The second-order valence-corrected chi connectivity index (χ2v) is 6.06. The molecule has 0 aromatic heterocycles. The summed E-state index contributed by atoms with van der Waals surface area (Å²) in [7, 11) is 6.14. The van der Waals surface area contributed by atoms with E-state index in [1.807, 2.05) is 7.05 Å². The number of piperazine rings is 1. The lowest BCUT2D eigenvalue weighted by atomic mass is 9.97. The summed E-state index contributed by atoms with van der Waals surface area (Å²) < 4.78 is 27.0. The maximum Gasteiger partial charge on any atom is 0.126 e. The Morgan fingerprint density at radius 3 is 2.76 bits per heavy atom. The fourth-order valence-electron chi connectivity index (χ4n) is 2.95. The molecule has 1 aliphatic rings. The highest BCUT2D eigenvalue weighted by Gasteiger charge is 2.25. The first-order valence-corrected chi connectivity index (χ1v) is 7.49. The second kappa shape index (κ2) is 7.29. The monoisotopic (exact) mass is 297 g/mol. The van der Waals surface area contributed by atoms with E-state index in [0.29, 0.717) is 18.0 Å². The van der Waals surface area contributed by atoms with E-state index in [1.54, 1.807) is 0 Å². The van der Waals surface area contributed by atoms with Gasteiger partial charge in [-0.05, 0) is 57.7 Å². The van der Waals surface area contributed by atoms with Crippen molar-refractivity contribution in [2.45, 2.75) is 24.9 Å². The highest BCUT2D eigenvalue weighted by atomic mass is 19.1. The van der Waals surface area contributed by atoms with Crippen LogP contribution in [0.4, 0.5) is 8.78 Å². The lowest BCUT2D eigenvalue weighted by Crippen LogP contribution is -2.52. The summed E-state index contributed by atoms with van der Waals surface area (Å²) in [6, 6.07) is 4.25. The molecule has 2 rings (SSSR count). The molecule has 2 atom stereocenters. The predicted octanol–water partition coefficient (Wildman–Crippen LogP) is 1.73. The zero-order valence-corrected chi connectivity index (χ0v) is 13.1. The van der Waals surface area contributed by atoms with Crippen molar-refractivity contribution in [2.24, 2.45) is 0 Å². The van der Waals surface area contributed by atoms with Crippen LogP contribution in [0, 0.1) is 11.6 Å². The maximum absolute atomic E-state index is 13.8. The number of likely N-dealkylation sites (N-methyl/N-ethyl adjacent to an activating group) is 3. The number of nitrogens with one attached hydrogen (secondary N) is 1. The van der Waals surface area contributed by atoms with Crippen molar-refractivity contribution < 1.29 is 8.78 Å². The summed E-state index contributed by atoms with van der Waals surface area (Å²) in [6.45, 7) is 3.14. The van der Waals surface area contributed by atoms with Crippen molar-refractivity contribution in [3.05, 3.63) is 35.4 Å². The summed E-state index contributed by atoms with van der Waals surface area (Å²) in [5.41, 5.74) is 0.446. The number of hydrogen-bond acceptors (Lipinski definition) is 3. The Bertz CT molecular complexity index is 467. The van der Waals surface area contributed by atoms with E-state index < -0.39 is 0 Å². The topological polar surface area (TPSA) is 18.5 Å². The van der Waals surface area contributed by atoms with Gasteiger partial charge < -0.3 is 15.1 Å². The van der Waals surface area contributed by atoms with Crippen molar-refractivity contribution in [1.29, 1.82) is 0 Å². The molecule has 0 spiro atoms. The fourth-order valence-corrected chi connectivity index (χ4v) is 2.95. The summed E-state index contributed by atoms with van der Waals surface area (Å²) in [5, 5.41) is 3.25. The molecule has 1 fully saturated rings. The molecule has 1 aromatic rings. The highest BCUT2D eigenvalue weighted by molar-refractivity contribution is 5.20. The van der Waals surface area contributed by atoms with Crippen LogP contribution in [-0.2, 0) is 6.42 Å². The summed E-state index contributed by atoms with van der Waals surface area (Å²) in [4.78, 5) is 4.67. The molecule has 0 bridgehead atoms. The molecule has 3 nitrogen and oxygen atoms in total. The third-order valence-corrected chi connectivity index (χ3v) is 4.42. The Balaban J connectivity index is 2.01.